The van der Waals surface area contributed by atoms with Crippen molar-refractivity contribution < 1.29 is 9.89 Å². The second-order valence-corrected chi connectivity index (χ2v) is 16.3. The van der Waals surface area contributed by atoms with Crippen molar-refractivity contribution in [1.29, 1.82) is 0 Å². The number of hydrogen-bond acceptors (Lipinski definition) is 1. The van der Waals surface area contributed by atoms with Crippen molar-refractivity contribution >= 4 is 45.1 Å². The lowest BCUT2D eigenvalue weighted by molar-refractivity contribution is -0.866. The van der Waals surface area contributed by atoms with E-state index >= 15 is 0 Å². The van der Waals surface area contributed by atoms with Gasteiger partial charge < -0.3 is 4.57 Å². The zero-order valence-electron chi connectivity index (χ0n) is 30.1. The molecule has 8 aromatic rings. The molecule has 4 heteroatoms. The Balaban J connectivity index is 1.21. The predicted molar refractivity (Wildman–Crippen MR) is 225 cm³/mol. The Bertz CT molecular complexity index is 2890. The van der Waals surface area contributed by atoms with E-state index in [1.165, 1.54) is 82.9 Å². The zero-order valence-corrected chi connectivity index (χ0v) is 30.9. The molecule has 4 heterocycles. The van der Waals surface area contributed by atoms with Gasteiger partial charge in [-0.05, 0) is 64.2 Å². The van der Waals surface area contributed by atoms with Crippen LogP contribution in [0.4, 0.5) is 5.69 Å². The molecule has 0 amide bonds. The van der Waals surface area contributed by atoms with Gasteiger partial charge in [-0.15, -0.1) is 11.8 Å². The molecule has 3 atom stereocenters. The number of aromatic nitrogens is 1. The van der Waals surface area contributed by atoms with Crippen LogP contribution in [0.2, 0.25) is 0 Å². The van der Waals surface area contributed by atoms with Crippen LogP contribution in [0.5, 0.6) is 0 Å². The lowest BCUT2D eigenvalue weighted by atomic mass is 9.62. The standard InChI is InChI=1S/C51H35N3S/c1-5-17-33(18-6-1)49-52-50(53(49)37-23-11-4-12-24-37)34-29-30-43-40(31-34)46-47-42(32-39-38-25-13-16-28-45(38)55-48(39)46)51(35-19-7-2-8-20-35,36-21-9-3-10-22-36)41-26-14-15-27-44(41)54(43)47/h1-32,38,45,49H/p+2. The number of para-hydroxylation sites is 2. The molecule has 0 saturated carbocycles. The summed E-state index contributed by atoms with van der Waals surface area (Å²) in [5, 5.41) is 5.51. The quantitative estimate of drug-likeness (QED) is 0.176. The zero-order chi connectivity index (χ0) is 36.1. The van der Waals surface area contributed by atoms with Crippen LogP contribution < -0.4 is 5.32 Å². The molecular formula is C51H37N3S+2. The van der Waals surface area contributed by atoms with Crippen LogP contribution in [0.3, 0.4) is 0 Å². The number of thioether (sulfide) groups is 1. The average Bonchev–Trinajstić information content (AvgIpc) is 3.79. The molecule has 3 unspecified atom stereocenters. The summed E-state index contributed by atoms with van der Waals surface area (Å²) < 4.78 is 5.10. The number of quaternary nitrogens is 1. The number of benzene rings is 7. The van der Waals surface area contributed by atoms with Crippen LogP contribution in [-0.4, -0.2) is 20.2 Å². The lowest BCUT2D eigenvalue weighted by Crippen LogP contribution is -2.99. The topological polar surface area (TPSA) is 24.5 Å². The fourth-order valence-electron chi connectivity index (χ4n) is 10.1. The first-order valence-electron chi connectivity index (χ1n) is 19.3. The van der Waals surface area contributed by atoms with Gasteiger partial charge in [0.15, 0.2) is 0 Å². The van der Waals surface area contributed by atoms with Gasteiger partial charge in [0.2, 0.25) is 5.69 Å². The van der Waals surface area contributed by atoms with Crippen molar-refractivity contribution in [3.8, 4) is 5.69 Å². The molecular weight excluding hydrogens is 687 g/mol. The molecule has 2 N–H and O–H groups in total. The van der Waals surface area contributed by atoms with Crippen LogP contribution >= 0.6 is 11.8 Å². The van der Waals surface area contributed by atoms with E-state index < -0.39 is 5.41 Å². The van der Waals surface area contributed by atoms with Gasteiger partial charge in [0, 0.05) is 39.0 Å². The molecule has 12 rings (SSSR count). The van der Waals surface area contributed by atoms with Crippen LogP contribution in [0, 0.1) is 0 Å². The molecule has 1 aromatic heterocycles. The first kappa shape index (κ1) is 31.2. The number of hydrogen-bond donors (Lipinski definition) is 1. The van der Waals surface area contributed by atoms with Gasteiger partial charge in [0.25, 0.3) is 0 Å². The van der Waals surface area contributed by atoms with E-state index in [4.69, 9.17) is 0 Å². The number of amidine groups is 1. The molecule has 0 saturated heterocycles. The van der Waals surface area contributed by atoms with Gasteiger partial charge in [-0.3, -0.25) is 0 Å². The number of fused-ring (bicyclic) bond motifs is 9. The first-order chi connectivity index (χ1) is 27.3. The van der Waals surface area contributed by atoms with Gasteiger partial charge in [-0.25, -0.2) is 0 Å². The fraction of sp³-hybridized carbons (Fsp3) is 0.0784. The normalized spacial score (nSPS) is 20.0. The highest BCUT2D eigenvalue weighted by Gasteiger charge is 2.49. The summed E-state index contributed by atoms with van der Waals surface area (Å²) in [4.78, 5) is 1.42. The smallest absolute Gasteiger partial charge is 0.309 e. The maximum absolute atomic E-state index is 2.60. The number of nitrogens with two attached hydrogens (primary N) is 1. The highest BCUT2D eigenvalue weighted by Crippen LogP contribution is 2.60. The van der Waals surface area contributed by atoms with Gasteiger partial charge in [-0.2, -0.15) is 5.32 Å². The van der Waals surface area contributed by atoms with Gasteiger partial charge in [-0.1, -0.05) is 150 Å². The van der Waals surface area contributed by atoms with Crippen molar-refractivity contribution in [2.45, 2.75) is 27.6 Å². The molecule has 1 aliphatic carbocycles. The number of nitrogens with zero attached hydrogens (tertiary/aromatic N) is 2. The van der Waals surface area contributed by atoms with E-state index in [2.05, 4.69) is 209 Å². The van der Waals surface area contributed by atoms with Crippen LogP contribution in [0.15, 0.2) is 199 Å². The highest BCUT2D eigenvalue weighted by molar-refractivity contribution is 8.00. The van der Waals surface area contributed by atoms with E-state index in [1.807, 2.05) is 11.8 Å². The molecule has 260 valence electrons. The van der Waals surface area contributed by atoms with Crippen molar-refractivity contribution in [3.05, 3.63) is 233 Å². The molecule has 0 radical (unpaired) electrons. The number of rotatable bonds is 5. The summed E-state index contributed by atoms with van der Waals surface area (Å²) in [6.45, 7) is 0. The van der Waals surface area contributed by atoms with E-state index in [9.17, 15) is 0 Å². The Morgan fingerprint density at radius 2 is 1.27 bits per heavy atom. The van der Waals surface area contributed by atoms with Gasteiger partial charge in [0.1, 0.15) is 5.56 Å². The Labute approximate surface area is 324 Å². The average molecular weight is 724 g/mol. The number of allylic oxidation sites excluding steroid dienone is 3. The van der Waals surface area contributed by atoms with E-state index in [1.54, 1.807) is 0 Å². The molecule has 55 heavy (non-hydrogen) atoms. The third kappa shape index (κ3) is 4.29. The maximum atomic E-state index is 2.60. The Hall–Kier alpha value is -6.20. The Morgan fingerprint density at radius 3 is 2.02 bits per heavy atom. The van der Waals surface area contributed by atoms with Crippen LogP contribution in [-0.2, 0) is 5.41 Å². The third-order valence-electron chi connectivity index (χ3n) is 12.4. The third-order valence-corrected chi connectivity index (χ3v) is 13.8. The summed E-state index contributed by atoms with van der Waals surface area (Å²) >= 11 is 2.05. The van der Waals surface area contributed by atoms with E-state index in [-0.39, 0.29) is 6.17 Å². The second kappa shape index (κ2) is 11.9. The summed E-state index contributed by atoms with van der Waals surface area (Å²) in [7, 11) is 0. The lowest BCUT2D eigenvalue weighted by Gasteiger charge is -2.42. The van der Waals surface area contributed by atoms with Gasteiger partial charge in [0.05, 0.1) is 27.7 Å². The van der Waals surface area contributed by atoms with E-state index in [0.717, 1.165) is 0 Å². The molecule has 3 nitrogen and oxygen atoms in total. The Morgan fingerprint density at radius 1 is 0.618 bits per heavy atom. The minimum absolute atomic E-state index is 0.176. The fourth-order valence-corrected chi connectivity index (χ4v) is 11.6. The molecule has 0 bridgehead atoms. The van der Waals surface area contributed by atoms with Crippen molar-refractivity contribution in [2.75, 3.05) is 0 Å². The second-order valence-electron chi connectivity index (χ2n) is 15.1. The monoisotopic (exact) mass is 723 g/mol. The van der Waals surface area contributed by atoms with Crippen molar-refractivity contribution in [1.82, 2.24) is 4.57 Å². The van der Waals surface area contributed by atoms with Crippen molar-refractivity contribution in [3.63, 3.8) is 0 Å². The molecule has 0 spiro atoms. The van der Waals surface area contributed by atoms with Crippen LogP contribution in [0.1, 0.15) is 51.0 Å². The minimum atomic E-state index is -0.514. The predicted octanol–water partition coefficient (Wildman–Crippen LogP) is 10.5. The minimum Gasteiger partial charge on any atom is -0.309 e. The summed E-state index contributed by atoms with van der Waals surface area (Å²) in [5.41, 5.74) is 13.7. The SMILES string of the molecule is C1=CC2Sc3c(cc4c5c3c3cc(C6=[N+](c7ccccc7)C(c7ccccc7)[NH2+]6)ccc3n5-c3ccccc3C4(c3ccccc3)c3ccccc3)C2C=C1. The molecule has 4 aliphatic rings. The molecule has 7 aromatic carbocycles. The maximum Gasteiger partial charge on any atom is 0.384 e. The van der Waals surface area contributed by atoms with Gasteiger partial charge >= 0.3 is 12.0 Å². The summed E-state index contributed by atoms with van der Waals surface area (Å²) in [6.07, 6.45) is 9.49. The highest BCUT2D eigenvalue weighted by atomic mass is 32.2. The first-order valence-corrected chi connectivity index (χ1v) is 20.2. The van der Waals surface area contributed by atoms with E-state index in [0.29, 0.717) is 11.2 Å². The largest absolute Gasteiger partial charge is 0.384 e. The Kier molecular flexibility index (Phi) is 6.75. The van der Waals surface area contributed by atoms with Crippen LogP contribution in [0.25, 0.3) is 27.5 Å². The summed E-state index contributed by atoms with van der Waals surface area (Å²) in [6, 6.07) is 63.2. The summed E-state index contributed by atoms with van der Waals surface area (Å²) in [5.74, 6) is 1.57. The molecule has 0 fully saturated rings. The molecule has 3 aliphatic heterocycles. The van der Waals surface area contributed by atoms with Crippen molar-refractivity contribution in [2.24, 2.45) is 0 Å².